The molecule has 142 valence electrons. The molecule has 26 heavy (non-hydrogen) atoms. The normalized spacial score (nSPS) is 21.8. The lowest BCUT2D eigenvalue weighted by Crippen LogP contribution is -2.41. The van der Waals surface area contributed by atoms with Crippen LogP contribution in [0.15, 0.2) is 24.3 Å². The topological polar surface area (TPSA) is 23.6 Å². The molecule has 0 bridgehead atoms. The Kier molecular flexibility index (Phi) is 5.65. The lowest BCUT2D eigenvalue weighted by atomic mass is 10.1. The van der Waals surface area contributed by atoms with Gasteiger partial charge in [0.25, 0.3) is 0 Å². The Morgan fingerprint density at radius 1 is 1.15 bits per heavy atom. The summed E-state index contributed by atoms with van der Waals surface area (Å²) in [6.07, 6.45) is 2.19. The van der Waals surface area contributed by atoms with Gasteiger partial charge in [-0.2, -0.15) is 13.2 Å². The first-order chi connectivity index (χ1) is 12.3. The largest absolute Gasteiger partial charge is 0.416 e. The van der Waals surface area contributed by atoms with Crippen molar-refractivity contribution >= 4 is 12.0 Å². The number of hydrogen-bond donors (Lipinski definition) is 0. The molecule has 1 atom stereocenters. The molecule has 0 unspecified atom stereocenters. The van der Waals surface area contributed by atoms with E-state index in [0.29, 0.717) is 12.6 Å². The molecule has 0 aliphatic carbocycles. The molecule has 2 aliphatic rings. The van der Waals surface area contributed by atoms with Crippen LogP contribution in [0.3, 0.4) is 0 Å². The SMILES string of the molecule is O=C(C=Cc1ccc(C(F)(F)F)cc1F)N1CCC[C@H]1CN1CCCC1. The third-order valence-electron chi connectivity index (χ3n) is 5.06. The first-order valence-electron chi connectivity index (χ1n) is 8.92. The first-order valence-corrected chi connectivity index (χ1v) is 8.92. The van der Waals surface area contributed by atoms with Crippen molar-refractivity contribution in [2.75, 3.05) is 26.2 Å². The minimum Gasteiger partial charge on any atom is -0.335 e. The van der Waals surface area contributed by atoms with Gasteiger partial charge in [-0.05, 0) is 57.0 Å². The number of nitrogens with zero attached hydrogens (tertiary/aromatic N) is 2. The Labute approximate surface area is 150 Å². The molecule has 0 saturated carbocycles. The molecule has 2 aliphatic heterocycles. The van der Waals surface area contributed by atoms with Crippen molar-refractivity contribution in [3.05, 3.63) is 41.2 Å². The van der Waals surface area contributed by atoms with Crippen molar-refractivity contribution < 1.29 is 22.4 Å². The van der Waals surface area contributed by atoms with Crippen molar-refractivity contribution in [2.45, 2.75) is 37.9 Å². The fraction of sp³-hybridized carbons (Fsp3) is 0.526. The summed E-state index contributed by atoms with van der Waals surface area (Å²) in [5, 5.41) is 0. The number of halogens is 4. The van der Waals surface area contributed by atoms with E-state index in [1.165, 1.54) is 25.0 Å². The molecule has 0 radical (unpaired) electrons. The van der Waals surface area contributed by atoms with E-state index < -0.39 is 17.6 Å². The van der Waals surface area contributed by atoms with Crippen LogP contribution in [-0.4, -0.2) is 47.9 Å². The summed E-state index contributed by atoms with van der Waals surface area (Å²) >= 11 is 0. The van der Waals surface area contributed by atoms with E-state index in [0.717, 1.165) is 44.6 Å². The van der Waals surface area contributed by atoms with Crippen LogP contribution in [0.4, 0.5) is 17.6 Å². The van der Waals surface area contributed by atoms with Gasteiger partial charge in [-0.1, -0.05) is 6.07 Å². The summed E-state index contributed by atoms with van der Waals surface area (Å²) in [5.41, 5.74) is -1.06. The lowest BCUT2D eigenvalue weighted by Gasteiger charge is -2.27. The average Bonchev–Trinajstić information content (AvgIpc) is 3.25. The zero-order chi connectivity index (χ0) is 18.7. The molecule has 2 saturated heterocycles. The summed E-state index contributed by atoms with van der Waals surface area (Å²) in [6.45, 7) is 3.64. The highest BCUT2D eigenvalue weighted by Crippen LogP contribution is 2.30. The van der Waals surface area contributed by atoms with Gasteiger partial charge in [-0.3, -0.25) is 4.79 Å². The Morgan fingerprint density at radius 2 is 1.88 bits per heavy atom. The molecule has 3 nitrogen and oxygen atoms in total. The van der Waals surface area contributed by atoms with Gasteiger partial charge >= 0.3 is 6.18 Å². The maximum absolute atomic E-state index is 13.9. The summed E-state index contributed by atoms with van der Waals surface area (Å²) in [6, 6.07) is 2.48. The number of carbonyl (C=O) groups is 1. The summed E-state index contributed by atoms with van der Waals surface area (Å²) in [7, 11) is 0. The molecular weight excluding hydrogens is 348 g/mol. The van der Waals surface area contributed by atoms with Crippen molar-refractivity contribution in [3.8, 4) is 0 Å². The fourth-order valence-corrected chi connectivity index (χ4v) is 3.67. The molecule has 2 fully saturated rings. The zero-order valence-electron chi connectivity index (χ0n) is 14.4. The lowest BCUT2D eigenvalue weighted by molar-refractivity contribution is -0.137. The first kappa shape index (κ1) is 18.9. The number of amides is 1. The Bertz CT molecular complexity index is 681. The number of benzene rings is 1. The molecular formula is C19H22F4N2O. The van der Waals surface area contributed by atoms with Gasteiger partial charge in [0.15, 0.2) is 0 Å². The molecule has 1 aromatic rings. The molecule has 0 aromatic heterocycles. The van der Waals surface area contributed by atoms with Crippen LogP contribution in [-0.2, 0) is 11.0 Å². The number of likely N-dealkylation sites (tertiary alicyclic amines) is 2. The average molecular weight is 370 g/mol. The minimum absolute atomic E-state index is 0.0263. The number of carbonyl (C=O) groups excluding carboxylic acids is 1. The third kappa shape index (κ3) is 4.44. The second kappa shape index (κ2) is 7.78. The zero-order valence-corrected chi connectivity index (χ0v) is 14.4. The van der Waals surface area contributed by atoms with Crippen molar-refractivity contribution in [1.29, 1.82) is 0 Å². The van der Waals surface area contributed by atoms with Gasteiger partial charge in [0.05, 0.1) is 5.56 Å². The van der Waals surface area contributed by atoms with Crippen LogP contribution < -0.4 is 0 Å². The predicted molar refractivity (Wildman–Crippen MR) is 90.8 cm³/mol. The van der Waals surface area contributed by atoms with Crippen LogP contribution in [0.25, 0.3) is 6.08 Å². The molecule has 2 heterocycles. The maximum atomic E-state index is 13.9. The highest BCUT2D eigenvalue weighted by atomic mass is 19.4. The van der Waals surface area contributed by atoms with Crippen LogP contribution in [0, 0.1) is 5.82 Å². The Balaban J connectivity index is 1.65. The molecule has 0 spiro atoms. The monoisotopic (exact) mass is 370 g/mol. The van der Waals surface area contributed by atoms with E-state index in [-0.39, 0.29) is 17.5 Å². The van der Waals surface area contributed by atoms with Gasteiger partial charge in [-0.25, -0.2) is 4.39 Å². The maximum Gasteiger partial charge on any atom is 0.416 e. The summed E-state index contributed by atoms with van der Waals surface area (Å²) in [4.78, 5) is 16.6. The fourth-order valence-electron chi connectivity index (χ4n) is 3.67. The minimum atomic E-state index is -4.59. The Morgan fingerprint density at radius 3 is 2.54 bits per heavy atom. The van der Waals surface area contributed by atoms with E-state index >= 15 is 0 Å². The number of alkyl halides is 3. The Hall–Kier alpha value is -1.89. The predicted octanol–water partition coefficient (Wildman–Crippen LogP) is 3.94. The van der Waals surface area contributed by atoms with Gasteiger partial charge in [0.1, 0.15) is 5.82 Å². The molecule has 1 aromatic carbocycles. The van der Waals surface area contributed by atoms with E-state index in [1.807, 2.05) is 0 Å². The van der Waals surface area contributed by atoms with E-state index in [2.05, 4.69) is 4.90 Å². The second-order valence-electron chi connectivity index (χ2n) is 6.90. The number of hydrogen-bond acceptors (Lipinski definition) is 2. The van der Waals surface area contributed by atoms with E-state index in [1.54, 1.807) is 4.90 Å². The molecule has 0 N–H and O–H groups in total. The van der Waals surface area contributed by atoms with Crippen LogP contribution in [0.5, 0.6) is 0 Å². The van der Waals surface area contributed by atoms with Crippen LogP contribution in [0.2, 0.25) is 0 Å². The molecule has 7 heteroatoms. The smallest absolute Gasteiger partial charge is 0.335 e. The third-order valence-corrected chi connectivity index (χ3v) is 5.06. The quantitative estimate of drug-likeness (QED) is 0.592. The van der Waals surface area contributed by atoms with E-state index in [4.69, 9.17) is 0 Å². The van der Waals surface area contributed by atoms with Crippen LogP contribution in [0.1, 0.15) is 36.8 Å². The van der Waals surface area contributed by atoms with Crippen molar-refractivity contribution in [2.24, 2.45) is 0 Å². The van der Waals surface area contributed by atoms with Crippen molar-refractivity contribution in [1.82, 2.24) is 9.80 Å². The van der Waals surface area contributed by atoms with Gasteiger partial charge in [0.2, 0.25) is 5.91 Å². The summed E-state index contributed by atoms with van der Waals surface area (Å²) in [5.74, 6) is -1.20. The standard InChI is InChI=1S/C19H22F4N2O/c20-17-12-15(19(21,22)23)7-5-14(17)6-8-18(26)25-11-3-4-16(25)13-24-9-1-2-10-24/h5-8,12,16H,1-4,9-11,13H2/t16-/m0/s1. The number of rotatable bonds is 4. The van der Waals surface area contributed by atoms with Crippen molar-refractivity contribution in [3.63, 3.8) is 0 Å². The van der Waals surface area contributed by atoms with E-state index in [9.17, 15) is 22.4 Å². The summed E-state index contributed by atoms with van der Waals surface area (Å²) < 4.78 is 51.6. The molecule has 3 rings (SSSR count). The van der Waals surface area contributed by atoms with Crippen LogP contribution >= 0.6 is 0 Å². The molecule has 1 amide bonds. The van der Waals surface area contributed by atoms with Gasteiger partial charge < -0.3 is 9.80 Å². The second-order valence-corrected chi connectivity index (χ2v) is 6.90. The van der Waals surface area contributed by atoms with Gasteiger partial charge in [-0.15, -0.1) is 0 Å². The highest BCUT2D eigenvalue weighted by Gasteiger charge is 2.31. The van der Waals surface area contributed by atoms with Gasteiger partial charge in [0, 0.05) is 30.8 Å². The highest BCUT2D eigenvalue weighted by molar-refractivity contribution is 5.92.